The lowest BCUT2D eigenvalue weighted by Crippen LogP contribution is -2.29. The average molecular weight is 580 g/mol. The van der Waals surface area contributed by atoms with E-state index in [2.05, 4.69) is 139 Å². The monoisotopic (exact) mass is 579 g/mol. The molecule has 3 aliphatic carbocycles. The maximum Gasteiger partial charge on any atom is 0.162 e. The number of rotatable bonds is 1. The number of nitrogens with one attached hydrogen (secondary N) is 1. The number of ether oxygens (including phenoxy) is 1. The molecule has 5 aliphatic rings. The molecule has 2 aliphatic heterocycles. The van der Waals surface area contributed by atoms with Crippen LogP contribution >= 0.6 is 0 Å². The van der Waals surface area contributed by atoms with Crippen LogP contribution in [-0.2, 0) is 5.41 Å². The topological polar surface area (TPSA) is 38.0 Å². The molecule has 1 N–H and O–H groups in total. The predicted molar refractivity (Wildman–Crippen MR) is 185 cm³/mol. The second-order valence-corrected chi connectivity index (χ2v) is 13.5. The lowest BCUT2D eigenvalue weighted by molar-refractivity contribution is 0.269. The highest BCUT2D eigenvalue weighted by Gasteiger charge is 2.40. The Hall–Kier alpha value is -5.35. The van der Waals surface area contributed by atoms with Gasteiger partial charge in [-0.1, -0.05) is 98.8 Å². The summed E-state index contributed by atoms with van der Waals surface area (Å²) in [6.45, 7) is 4.74. The summed E-state index contributed by atoms with van der Waals surface area (Å²) in [4.78, 5) is 5.28. The highest BCUT2D eigenvalue weighted by atomic mass is 16.5. The van der Waals surface area contributed by atoms with Gasteiger partial charge in [-0.3, -0.25) is 4.40 Å². The van der Waals surface area contributed by atoms with Crippen molar-refractivity contribution in [3.05, 3.63) is 132 Å². The summed E-state index contributed by atoms with van der Waals surface area (Å²) in [6, 6.07) is 25.1. The predicted octanol–water partition coefficient (Wildman–Crippen LogP) is 9.62. The van der Waals surface area contributed by atoms with Crippen LogP contribution in [0.4, 0.5) is 11.5 Å². The standard InChI is InChI=1S/C41H29N3O/c1-41(2)29-14-5-3-10-24(29)25-13-9-12-23(37(25)41)22-18-19-32-27(20-22)36-35-26-11-4-8-17-33(26)45-34(35)21-28-38-40(44(32)39(28)36)43-31-16-7-6-15-30(31)42-38/h3-21,26,30,33,42H,1-2H3. The van der Waals surface area contributed by atoms with Crippen molar-refractivity contribution in [1.29, 1.82) is 0 Å². The number of fused-ring (bicyclic) bond motifs is 14. The van der Waals surface area contributed by atoms with Crippen molar-refractivity contribution < 1.29 is 4.74 Å². The van der Waals surface area contributed by atoms with Gasteiger partial charge in [0.05, 0.1) is 28.5 Å². The molecule has 3 atom stereocenters. The van der Waals surface area contributed by atoms with Gasteiger partial charge >= 0.3 is 0 Å². The fourth-order valence-corrected chi connectivity index (χ4v) is 8.94. The van der Waals surface area contributed by atoms with Gasteiger partial charge in [0.25, 0.3) is 0 Å². The largest absolute Gasteiger partial charge is 0.485 e. The van der Waals surface area contributed by atoms with Gasteiger partial charge < -0.3 is 10.1 Å². The summed E-state index contributed by atoms with van der Waals surface area (Å²) < 4.78 is 9.06. The summed E-state index contributed by atoms with van der Waals surface area (Å²) >= 11 is 0. The molecule has 2 aromatic heterocycles. The molecule has 0 spiro atoms. The molecule has 0 radical (unpaired) electrons. The van der Waals surface area contributed by atoms with E-state index in [1.165, 1.54) is 66.1 Å². The zero-order valence-electron chi connectivity index (χ0n) is 25.0. The van der Waals surface area contributed by atoms with Gasteiger partial charge in [-0.15, -0.1) is 0 Å². The summed E-state index contributed by atoms with van der Waals surface area (Å²) in [5, 5.41) is 7.53. The third kappa shape index (κ3) is 2.86. The van der Waals surface area contributed by atoms with Crippen molar-refractivity contribution in [1.82, 2.24) is 4.40 Å². The minimum Gasteiger partial charge on any atom is -0.485 e. The molecule has 0 saturated heterocycles. The first-order chi connectivity index (χ1) is 22.1. The second kappa shape index (κ2) is 8.02. The van der Waals surface area contributed by atoms with E-state index >= 15 is 0 Å². The Kier molecular flexibility index (Phi) is 4.28. The Bertz CT molecular complexity index is 2480. The van der Waals surface area contributed by atoms with Crippen molar-refractivity contribution >= 4 is 44.4 Å². The van der Waals surface area contributed by atoms with Crippen molar-refractivity contribution in [3.8, 4) is 28.0 Å². The molecule has 4 aromatic carbocycles. The van der Waals surface area contributed by atoms with Crippen LogP contribution in [0.2, 0.25) is 0 Å². The second-order valence-electron chi connectivity index (χ2n) is 13.5. The number of anilines is 1. The average Bonchev–Trinajstić information content (AvgIpc) is 3.77. The number of nitrogens with zero attached hydrogens (tertiary/aromatic N) is 2. The van der Waals surface area contributed by atoms with E-state index in [9.17, 15) is 0 Å². The first-order valence-corrected chi connectivity index (χ1v) is 15.9. The van der Waals surface area contributed by atoms with Crippen LogP contribution in [0.3, 0.4) is 0 Å². The highest BCUT2D eigenvalue weighted by Crippen LogP contribution is 2.56. The summed E-state index contributed by atoms with van der Waals surface area (Å²) in [5.41, 5.74) is 13.8. The van der Waals surface area contributed by atoms with Gasteiger partial charge in [-0.25, -0.2) is 4.99 Å². The van der Waals surface area contributed by atoms with Crippen molar-refractivity contribution in [2.45, 2.75) is 37.3 Å². The first kappa shape index (κ1) is 24.0. The minimum absolute atomic E-state index is 0.0185. The zero-order chi connectivity index (χ0) is 29.6. The molecular weight excluding hydrogens is 550 g/mol. The van der Waals surface area contributed by atoms with Crippen LogP contribution in [0, 0.1) is 0 Å². The van der Waals surface area contributed by atoms with Crippen LogP contribution in [-0.4, -0.2) is 22.3 Å². The molecule has 4 heteroatoms. The SMILES string of the molecule is CC1(C)c2ccccc2-c2cccc(-c3ccc4c(c3)c3c5c(cc6c7c(n4c63)N=C3C=CC=CC3N7)OC3C=CC=CC53)c21. The Labute approximate surface area is 260 Å². The van der Waals surface area contributed by atoms with Gasteiger partial charge in [-0.05, 0) is 63.7 Å². The van der Waals surface area contributed by atoms with E-state index in [4.69, 9.17) is 9.73 Å². The maximum absolute atomic E-state index is 6.67. The number of hydrogen-bond acceptors (Lipinski definition) is 3. The van der Waals surface area contributed by atoms with Gasteiger partial charge in [0.15, 0.2) is 5.82 Å². The van der Waals surface area contributed by atoms with Gasteiger partial charge in [0, 0.05) is 33.1 Å². The van der Waals surface area contributed by atoms with Crippen LogP contribution in [0.1, 0.15) is 36.5 Å². The third-order valence-corrected chi connectivity index (χ3v) is 10.8. The molecule has 0 amide bonds. The van der Waals surface area contributed by atoms with Gasteiger partial charge in [-0.2, -0.15) is 0 Å². The number of allylic oxidation sites excluding steroid dienone is 4. The van der Waals surface area contributed by atoms with Crippen molar-refractivity contribution in [2.24, 2.45) is 4.99 Å². The Morgan fingerprint density at radius 2 is 1.67 bits per heavy atom. The molecule has 0 fully saturated rings. The van der Waals surface area contributed by atoms with Gasteiger partial charge in [0.1, 0.15) is 11.9 Å². The Morgan fingerprint density at radius 1 is 0.822 bits per heavy atom. The van der Waals surface area contributed by atoms with E-state index in [-0.39, 0.29) is 23.5 Å². The Morgan fingerprint density at radius 3 is 2.62 bits per heavy atom. The van der Waals surface area contributed by atoms with E-state index in [1.807, 2.05) is 0 Å². The maximum atomic E-state index is 6.67. The molecule has 0 saturated carbocycles. The summed E-state index contributed by atoms with van der Waals surface area (Å²) in [7, 11) is 0. The highest BCUT2D eigenvalue weighted by molar-refractivity contribution is 6.24. The zero-order valence-corrected chi connectivity index (χ0v) is 25.0. The number of aliphatic imine (C=N–C) groups is 1. The van der Waals surface area contributed by atoms with Crippen LogP contribution < -0.4 is 10.1 Å². The van der Waals surface area contributed by atoms with E-state index in [1.54, 1.807) is 0 Å². The molecule has 11 rings (SSSR count). The molecular formula is C41H29N3O. The third-order valence-electron chi connectivity index (χ3n) is 10.8. The Balaban J connectivity index is 1.23. The summed E-state index contributed by atoms with van der Waals surface area (Å²) in [5.74, 6) is 2.14. The molecule has 45 heavy (non-hydrogen) atoms. The molecule has 0 bridgehead atoms. The number of benzene rings is 4. The smallest absolute Gasteiger partial charge is 0.162 e. The minimum atomic E-state index is -0.0896. The normalized spacial score (nSPS) is 22.5. The fourth-order valence-electron chi connectivity index (χ4n) is 8.94. The van der Waals surface area contributed by atoms with Gasteiger partial charge in [0.2, 0.25) is 0 Å². The van der Waals surface area contributed by atoms with Crippen LogP contribution in [0.15, 0.2) is 120 Å². The molecule has 6 aromatic rings. The molecule has 3 unspecified atom stereocenters. The van der Waals surface area contributed by atoms with E-state index in [0.717, 1.165) is 23.0 Å². The number of aromatic nitrogens is 1. The fraction of sp³-hybridized carbons (Fsp3) is 0.146. The van der Waals surface area contributed by atoms with E-state index in [0.29, 0.717) is 0 Å². The van der Waals surface area contributed by atoms with Crippen molar-refractivity contribution in [3.63, 3.8) is 0 Å². The molecule has 4 heterocycles. The van der Waals surface area contributed by atoms with Crippen molar-refractivity contribution in [2.75, 3.05) is 5.32 Å². The van der Waals surface area contributed by atoms with E-state index < -0.39 is 0 Å². The molecule has 4 nitrogen and oxygen atoms in total. The lowest BCUT2D eigenvalue weighted by Gasteiger charge is -2.24. The number of hydrogen-bond donors (Lipinski definition) is 1. The summed E-state index contributed by atoms with van der Waals surface area (Å²) in [6.07, 6.45) is 17.3. The lowest BCUT2D eigenvalue weighted by atomic mass is 9.78. The quantitative estimate of drug-likeness (QED) is 0.211. The van der Waals surface area contributed by atoms with Crippen LogP contribution in [0.25, 0.3) is 49.4 Å². The van der Waals surface area contributed by atoms with Crippen LogP contribution in [0.5, 0.6) is 5.75 Å². The first-order valence-electron chi connectivity index (χ1n) is 15.9. The molecule has 214 valence electrons.